The first-order valence-corrected chi connectivity index (χ1v) is 7.12. The van der Waals surface area contributed by atoms with Crippen molar-refractivity contribution in [3.8, 4) is 0 Å². The molecule has 0 aromatic carbocycles. The fourth-order valence-electron chi connectivity index (χ4n) is 2.17. The summed E-state index contributed by atoms with van der Waals surface area (Å²) in [4.78, 5) is 18.6. The quantitative estimate of drug-likeness (QED) is 0.478. The van der Waals surface area contributed by atoms with Gasteiger partial charge in [0.25, 0.3) is 0 Å². The van der Waals surface area contributed by atoms with E-state index in [1.54, 1.807) is 12.4 Å². The lowest BCUT2D eigenvalue weighted by Gasteiger charge is -2.19. The Morgan fingerprint density at radius 1 is 1.62 bits per heavy atom. The molecule has 3 atom stereocenters. The first-order chi connectivity index (χ1) is 10.1. The standard InChI is InChI=1S/C13H23N5O3/c1-8(2)18-13(20)17-5-10-12(19)9(7-21-10)16-6-11-14-3-4-15-11/h3-4,8-10,12,16,19H,5-7H2,1-2H3,(H,14,15)(H2,17,18,20)/t9-,10-,12+/m1/s1. The summed E-state index contributed by atoms with van der Waals surface area (Å²) >= 11 is 0. The molecule has 118 valence electrons. The van der Waals surface area contributed by atoms with Gasteiger partial charge in [0.2, 0.25) is 0 Å². The van der Waals surface area contributed by atoms with Crippen molar-refractivity contribution in [2.45, 2.75) is 44.7 Å². The maximum atomic E-state index is 11.5. The van der Waals surface area contributed by atoms with E-state index in [1.165, 1.54) is 0 Å². The number of carbonyl (C=O) groups is 1. The Bertz CT molecular complexity index is 437. The predicted octanol–water partition coefficient (Wildman–Crippen LogP) is -0.665. The van der Waals surface area contributed by atoms with Gasteiger partial charge in [0, 0.05) is 25.0 Å². The average Bonchev–Trinajstić information content (AvgIpc) is 3.04. The van der Waals surface area contributed by atoms with Gasteiger partial charge >= 0.3 is 6.03 Å². The third-order valence-electron chi connectivity index (χ3n) is 3.25. The highest BCUT2D eigenvalue weighted by molar-refractivity contribution is 5.74. The van der Waals surface area contributed by atoms with E-state index < -0.39 is 12.2 Å². The monoisotopic (exact) mass is 297 g/mol. The molecular formula is C13H23N5O3. The van der Waals surface area contributed by atoms with Crippen LogP contribution in [0.5, 0.6) is 0 Å². The van der Waals surface area contributed by atoms with Gasteiger partial charge in [-0.25, -0.2) is 9.78 Å². The number of imidazole rings is 1. The summed E-state index contributed by atoms with van der Waals surface area (Å²) in [5, 5.41) is 18.8. The molecule has 8 heteroatoms. The van der Waals surface area contributed by atoms with Crippen LogP contribution in [-0.4, -0.2) is 58.5 Å². The topological polar surface area (TPSA) is 111 Å². The Morgan fingerprint density at radius 2 is 2.43 bits per heavy atom. The van der Waals surface area contributed by atoms with Crippen molar-refractivity contribution in [2.24, 2.45) is 0 Å². The molecule has 5 N–H and O–H groups in total. The van der Waals surface area contributed by atoms with Gasteiger partial charge in [-0.3, -0.25) is 0 Å². The Morgan fingerprint density at radius 3 is 3.10 bits per heavy atom. The summed E-state index contributed by atoms with van der Waals surface area (Å²) < 4.78 is 5.52. The zero-order valence-electron chi connectivity index (χ0n) is 12.3. The van der Waals surface area contributed by atoms with Crippen LogP contribution in [0.3, 0.4) is 0 Å². The predicted molar refractivity (Wildman–Crippen MR) is 76.6 cm³/mol. The van der Waals surface area contributed by atoms with Crippen LogP contribution in [0.1, 0.15) is 19.7 Å². The van der Waals surface area contributed by atoms with Crippen molar-refractivity contribution in [2.75, 3.05) is 13.2 Å². The highest BCUT2D eigenvalue weighted by Gasteiger charge is 2.35. The molecule has 1 aliphatic heterocycles. The van der Waals surface area contributed by atoms with E-state index >= 15 is 0 Å². The lowest BCUT2D eigenvalue weighted by molar-refractivity contribution is 0.0425. The third kappa shape index (κ3) is 4.69. The molecule has 8 nitrogen and oxygen atoms in total. The summed E-state index contributed by atoms with van der Waals surface area (Å²) in [7, 11) is 0. The van der Waals surface area contributed by atoms with Gasteiger partial charge in [0.15, 0.2) is 0 Å². The van der Waals surface area contributed by atoms with Crippen LogP contribution >= 0.6 is 0 Å². The van der Waals surface area contributed by atoms with E-state index in [2.05, 4.69) is 25.9 Å². The van der Waals surface area contributed by atoms with Crippen molar-refractivity contribution >= 4 is 6.03 Å². The summed E-state index contributed by atoms with van der Waals surface area (Å²) in [6.07, 6.45) is 2.36. The normalized spacial score (nSPS) is 25.2. The van der Waals surface area contributed by atoms with Crippen molar-refractivity contribution in [1.82, 2.24) is 25.9 Å². The van der Waals surface area contributed by atoms with Gasteiger partial charge < -0.3 is 30.8 Å². The number of nitrogens with zero attached hydrogens (tertiary/aromatic N) is 1. The number of hydrogen-bond donors (Lipinski definition) is 5. The highest BCUT2D eigenvalue weighted by atomic mass is 16.5. The number of aromatic nitrogens is 2. The van der Waals surface area contributed by atoms with Crippen LogP contribution in [0.25, 0.3) is 0 Å². The van der Waals surface area contributed by atoms with E-state index in [9.17, 15) is 9.90 Å². The molecule has 2 amide bonds. The molecule has 21 heavy (non-hydrogen) atoms. The number of urea groups is 1. The molecule has 2 heterocycles. The third-order valence-corrected chi connectivity index (χ3v) is 3.25. The van der Waals surface area contributed by atoms with Crippen molar-refractivity contribution in [1.29, 1.82) is 0 Å². The van der Waals surface area contributed by atoms with Crippen molar-refractivity contribution in [3.05, 3.63) is 18.2 Å². The number of aliphatic hydroxyl groups is 1. The summed E-state index contributed by atoms with van der Waals surface area (Å²) in [5.41, 5.74) is 0. The molecule has 0 unspecified atom stereocenters. The second-order valence-corrected chi connectivity index (χ2v) is 5.39. The number of ether oxygens (including phenoxy) is 1. The van der Waals surface area contributed by atoms with Crippen LogP contribution in [0.2, 0.25) is 0 Å². The van der Waals surface area contributed by atoms with Gasteiger partial charge in [-0.1, -0.05) is 0 Å². The minimum Gasteiger partial charge on any atom is -0.389 e. The number of rotatable bonds is 6. The van der Waals surface area contributed by atoms with Crippen LogP contribution < -0.4 is 16.0 Å². The number of aromatic amines is 1. The molecule has 1 aromatic rings. The second kappa shape index (κ2) is 7.39. The Hall–Kier alpha value is -1.64. The van der Waals surface area contributed by atoms with E-state index in [0.29, 0.717) is 13.2 Å². The Kier molecular flexibility index (Phi) is 5.54. The molecule has 0 saturated carbocycles. The second-order valence-electron chi connectivity index (χ2n) is 5.39. The molecular weight excluding hydrogens is 274 g/mol. The smallest absolute Gasteiger partial charge is 0.315 e. The van der Waals surface area contributed by atoms with Gasteiger partial charge in [-0.2, -0.15) is 0 Å². The molecule has 0 spiro atoms. The maximum absolute atomic E-state index is 11.5. The van der Waals surface area contributed by atoms with E-state index in [1.807, 2.05) is 13.8 Å². The van der Waals surface area contributed by atoms with Crippen molar-refractivity contribution < 1.29 is 14.6 Å². The molecule has 0 bridgehead atoms. The fourth-order valence-corrected chi connectivity index (χ4v) is 2.17. The largest absolute Gasteiger partial charge is 0.389 e. The first kappa shape index (κ1) is 15.7. The maximum Gasteiger partial charge on any atom is 0.315 e. The molecule has 1 aromatic heterocycles. The molecule has 2 rings (SSSR count). The number of H-pyrrole nitrogens is 1. The first-order valence-electron chi connectivity index (χ1n) is 7.12. The molecule has 1 fully saturated rings. The molecule has 0 radical (unpaired) electrons. The average molecular weight is 297 g/mol. The van der Waals surface area contributed by atoms with Gasteiger partial charge in [0.1, 0.15) is 11.9 Å². The van der Waals surface area contributed by atoms with Crippen molar-refractivity contribution in [3.63, 3.8) is 0 Å². The molecule has 1 aliphatic rings. The number of amides is 2. The number of aliphatic hydroxyl groups excluding tert-OH is 1. The van der Waals surface area contributed by atoms with Crippen LogP contribution in [0, 0.1) is 0 Å². The fraction of sp³-hybridized carbons (Fsp3) is 0.692. The SMILES string of the molecule is CC(C)NC(=O)NC[C@H]1OC[C@@H](NCc2ncc[nH]2)[C@@H]1O. The van der Waals surface area contributed by atoms with Crippen LogP contribution in [0.4, 0.5) is 4.79 Å². The lowest BCUT2D eigenvalue weighted by atomic mass is 10.1. The summed E-state index contributed by atoms with van der Waals surface area (Å²) in [5.74, 6) is 0.806. The zero-order chi connectivity index (χ0) is 15.2. The molecule has 0 aliphatic carbocycles. The van der Waals surface area contributed by atoms with Crippen LogP contribution in [-0.2, 0) is 11.3 Å². The lowest BCUT2D eigenvalue weighted by Crippen LogP contribution is -2.47. The van der Waals surface area contributed by atoms with E-state index in [0.717, 1.165) is 5.82 Å². The van der Waals surface area contributed by atoms with Gasteiger partial charge in [0.05, 0.1) is 25.3 Å². The minimum atomic E-state index is -0.667. The number of carbonyl (C=O) groups excluding carboxylic acids is 1. The van der Waals surface area contributed by atoms with Gasteiger partial charge in [-0.15, -0.1) is 0 Å². The number of nitrogens with one attached hydrogen (secondary N) is 4. The summed E-state index contributed by atoms with van der Waals surface area (Å²) in [6, 6.07) is -0.356. The Balaban J connectivity index is 1.71. The van der Waals surface area contributed by atoms with Gasteiger partial charge in [-0.05, 0) is 13.8 Å². The van der Waals surface area contributed by atoms with E-state index in [4.69, 9.17) is 4.74 Å². The summed E-state index contributed by atoms with van der Waals surface area (Å²) in [6.45, 7) is 4.98. The zero-order valence-corrected chi connectivity index (χ0v) is 12.3. The molecule has 1 saturated heterocycles. The Labute approximate surface area is 123 Å². The van der Waals surface area contributed by atoms with E-state index in [-0.39, 0.29) is 24.7 Å². The number of hydrogen-bond acceptors (Lipinski definition) is 5. The van der Waals surface area contributed by atoms with Crippen LogP contribution in [0.15, 0.2) is 12.4 Å². The minimum absolute atomic E-state index is 0.0714. The highest BCUT2D eigenvalue weighted by Crippen LogP contribution is 2.14.